The van der Waals surface area contributed by atoms with Gasteiger partial charge in [-0.2, -0.15) is 5.26 Å². The average molecular weight is 312 g/mol. The average Bonchev–Trinajstić information content (AvgIpc) is 2.54. The zero-order chi connectivity index (χ0) is 17.1. The van der Waals surface area contributed by atoms with Crippen LogP contribution in [-0.4, -0.2) is 22.6 Å². The van der Waals surface area contributed by atoms with Gasteiger partial charge in [-0.05, 0) is 30.2 Å². The number of carbonyl (C=O) groups is 1. The summed E-state index contributed by atoms with van der Waals surface area (Å²) in [6, 6.07) is 8.75. The Kier molecular flexibility index (Phi) is 4.51. The summed E-state index contributed by atoms with van der Waals surface area (Å²) >= 11 is 0. The van der Waals surface area contributed by atoms with E-state index in [9.17, 15) is 14.7 Å². The van der Waals surface area contributed by atoms with E-state index in [2.05, 4.69) is 0 Å². The second-order valence-electron chi connectivity index (χ2n) is 5.12. The van der Waals surface area contributed by atoms with Crippen LogP contribution in [0.15, 0.2) is 29.1 Å². The highest BCUT2D eigenvalue weighted by atomic mass is 16.5. The number of nitriles is 1. The summed E-state index contributed by atoms with van der Waals surface area (Å²) < 4.78 is 5.97. The molecule has 0 aliphatic carbocycles. The fourth-order valence-electron chi connectivity index (χ4n) is 2.37. The molecule has 2 aromatic rings. The Morgan fingerprint density at radius 3 is 2.48 bits per heavy atom. The number of aromatic nitrogens is 1. The van der Waals surface area contributed by atoms with Crippen molar-refractivity contribution in [2.45, 2.75) is 13.3 Å². The van der Waals surface area contributed by atoms with E-state index in [1.165, 1.54) is 14.0 Å². The molecule has 6 heteroatoms. The third-order valence-corrected chi connectivity index (χ3v) is 3.72. The summed E-state index contributed by atoms with van der Waals surface area (Å²) in [5.41, 5.74) is 0.180. The normalized spacial score (nSPS) is 10.2. The number of ether oxygens (including phenoxy) is 1. The monoisotopic (exact) mass is 312 g/mol. The minimum Gasteiger partial charge on any atom is -0.497 e. The number of rotatable bonds is 4. The molecule has 0 unspecified atom stereocenters. The fraction of sp³-hybridized carbons (Fsp3) is 0.235. The molecule has 0 aliphatic heterocycles. The van der Waals surface area contributed by atoms with Crippen LogP contribution in [0.25, 0.3) is 0 Å². The molecule has 1 aromatic heterocycles. The predicted molar refractivity (Wildman–Crippen MR) is 83.8 cm³/mol. The van der Waals surface area contributed by atoms with Crippen molar-refractivity contribution in [2.75, 3.05) is 7.11 Å². The minimum atomic E-state index is -0.622. The van der Waals surface area contributed by atoms with E-state index >= 15 is 0 Å². The van der Waals surface area contributed by atoms with Gasteiger partial charge in [-0.25, -0.2) is 0 Å². The van der Waals surface area contributed by atoms with Crippen molar-refractivity contribution >= 4 is 5.78 Å². The number of benzene rings is 1. The first kappa shape index (κ1) is 16.3. The molecule has 0 bridgehead atoms. The Balaban J connectivity index is 2.45. The molecule has 0 amide bonds. The van der Waals surface area contributed by atoms with E-state index < -0.39 is 11.4 Å². The van der Waals surface area contributed by atoms with E-state index in [1.54, 1.807) is 37.4 Å². The van der Waals surface area contributed by atoms with Gasteiger partial charge in [-0.15, -0.1) is 0 Å². The van der Waals surface area contributed by atoms with Crippen molar-refractivity contribution in [3.63, 3.8) is 0 Å². The SMILES string of the molecule is COc1ccc(CC(=O)c2c(C)c(C#N)c(=O)n(C)c2O)cc1. The van der Waals surface area contributed by atoms with Crippen LogP contribution in [0.4, 0.5) is 0 Å². The molecule has 0 atom stereocenters. The fourth-order valence-corrected chi connectivity index (χ4v) is 2.37. The number of carbonyl (C=O) groups excluding carboxylic acids is 1. The van der Waals surface area contributed by atoms with Gasteiger partial charge in [-0.3, -0.25) is 14.2 Å². The third-order valence-electron chi connectivity index (χ3n) is 3.72. The van der Waals surface area contributed by atoms with Gasteiger partial charge in [0.05, 0.1) is 12.7 Å². The summed E-state index contributed by atoms with van der Waals surface area (Å²) in [5.74, 6) is -0.114. The van der Waals surface area contributed by atoms with Crippen LogP contribution in [-0.2, 0) is 13.5 Å². The van der Waals surface area contributed by atoms with Gasteiger partial charge in [0.2, 0.25) is 5.88 Å². The lowest BCUT2D eigenvalue weighted by Crippen LogP contribution is -2.24. The second-order valence-corrected chi connectivity index (χ2v) is 5.12. The van der Waals surface area contributed by atoms with Crippen LogP contribution in [0.1, 0.15) is 27.0 Å². The van der Waals surface area contributed by atoms with E-state index in [1.807, 2.05) is 0 Å². The third kappa shape index (κ3) is 2.94. The number of ketones is 1. The number of aromatic hydroxyl groups is 1. The second kappa shape index (κ2) is 6.36. The van der Waals surface area contributed by atoms with Crippen molar-refractivity contribution in [1.82, 2.24) is 4.57 Å². The zero-order valence-corrected chi connectivity index (χ0v) is 13.1. The molecule has 0 saturated heterocycles. The first-order chi connectivity index (χ1) is 10.9. The molecule has 0 radical (unpaired) electrons. The Morgan fingerprint density at radius 2 is 1.96 bits per heavy atom. The van der Waals surface area contributed by atoms with Crippen LogP contribution in [0.3, 0.4) is 0 Å². The van der Waals surface area contributed by atoms with Crippen LogP contribution in [0, 0.1) is 18.3 Å². The standard InChI is InChI=1S/C17H16N2O4/c1-10-13(9-18)16(21)19(2)17(22)15(10)14(20)8-11-4-6-12(23-3)7-5-11/h4-7,22H,8H2,1-3H3. The van der Waals surface area contributed by atoms with Crippen molar-refractivity contribution in [2.24, 2.45) is 7.05 Å². The topological polar surface area (TPSA) is 92.3 Å². The quantitative estimate of drug-likeness (QED) is 0.868. The molecule has 2 rings (SSSR count). The van der Waals surface area contributed by atoms with Crippen LogP contribution < -0.4 is 10.3 Å². The molecule has 1 heterocycles. The molecular weight excluding hydrogens is 296 g/mol. The molecule has 1 N–H and O–H groups in total. The van der Waals surface area contributed by atoms with Gasteiger partial charge in [0.15, 0.2) is 5.78 Å². The summed E-state index contributed by atoms with van der Waals surface area (Å²) in [6.07, 6.45) is 0.0431. The number of methoxy groups -OCH3 is 1. The first-order valence-electron chi connectivity index (χ1n) is 6.89. The maximum absolute atomic E-state index is 12.5. The molecule has 0 fully saturated rings. The summed E-state index contributed by atoms with van der Waals surface area (Å²) in [5, 5.41) is 19.2. The molecule has 0 aliphatic rings. The van der Waals surface area contributed by atoms with E-state index in [-0.39, 0.29) is 28.9 Å². The van der Waals surface area contributed by atoms with E-state index in [0.717, 1.165) is 10.1 Å². The summed E-state index contributed by atoms with van der Waals surface area (Å²) in [6.45, 7) is 1.49. The number of hydrogen-bond acceptors (Lipinski definition) is 5. The number of hydrogen-bond donors (Lipinski definition) is 1. The van der Waals surface area contributed by atoms with Gasteiger partial charge in [-0.1, -0.05) is 12.1 Å². The number of Topliss-reactive ketones (excluding diaryl/α,β-unsaturated/α-hetero) is 1. The predicted octanol–water partition coefficient (Wildman–Crippen LogP) is 1.70. The van der Waals surface area contributed by atoms with Crippen molar-refractivity contribution in [3.8, 4) is 17.7 Å². The molecule has 118 valence electrons. The van der Waals surface area contributed by atoms with Gasteiger partial charge >= 0.3 is 0 Å². The lowest BCUT2D eigenvalue weighted by Gasteiger charge is -2.12. The highest BCUT2D eigenvalue weighted by Gasteiger charge is 2.22. The molecular formula is C17H16N2O4. The molecule has 1 aromatic carbocycles. The Morgan fingerprint density at radius 1 is 1.35 bits per heavy atom. The maximum Gasteiger partial charge on any atom is 0.271 e. The smallest absolute Gasteiger partial charge is 0.271 e. The van der Waals surface area contributed by atoms with E-state index in [4.69, 9.17) is 10.00 Å². The maximum atomic E-state index is 12.5. The highest BCUT2D eigenvalue weighted by Crippen LogP contribution is 2.23. The zero-order valence-electron chi connectivity index (χ0n) is 13.1. The number of nitrogens with zero attached hydrogens (tertiary/aromatic N) is 2. The van der Waals surface area contributed by atoms with Crippen LogP contribution >= 0.6 is 0 Å². The first-order valence-corrected chi connectivity index (χ1v) is 6.89. The Bertz CT molecular complexity index is 858. The number of pyridine rings is 1. The highest BCUT2D eigenvalue weighted by molar-refractivity contribution is 6.01. The van der Waals surface area contributed by atoms with Gasteiger partial charge in [0.1, 0.15) is 17.4 Å². The Labute approximate surface area is 133 Å². The van der Waals surface area contributed by atoms with Crippen molar-refractivity contribution in [3.05, 3.63) is 56.9 Å². The van der Waals surface area contributed by atoms with Gasteiger partial charge < -0.3 is 9.84 Å². The summed E-state index contributed by atoms with van der Waals surface area (Å²) in [4.78, 5) is 24.4. The van der Waals surface area contributed by atoms with Crippen LogP contribution in [0.5, 0.6) is 11.6 Å². The molecule has 6 nitrogen and oxygen atoms in total. The van der Waals surface area contributed by atoms with Crippen LogP contribution in [0.2, 0.25) is 0 Å². The van der Waals surface area contributed by atoms with E-state index in [0.29, 0.717) is 5.75 Å². The lowest BCUT2D eigenvalue weighted by atomic mass is 9.97. The Hall–Kier alpha value is -3.07. The van der Waals surface area contributed by atoms with Crippen molar-refractivity contribution < 1.29 is 14.6 Å². The largest absolute Gasteiger partial charge is 0.497 e. The van der Waals surface area contributed by atoms with Gasteiger partial charge in [0.25, 0.3) is 5.56 Å². The molecule has 23 heavy (non-hydrogen) atoms. The molecule has 0 spiro atoms. The van der Waals surface area contributed by atoms with Crippen molar-refractivity contribution in [1.29, 1.82) is 5.26 Å². The summed E-state index contributed by atoms with van der Waals surface area (Å²) in [7, 11) is 2.87. The van der Waals surface area contributed by atoms with Gasteiger partial charge in [0, 0.05) is 13.5 Å². The lowest BCUT2D eigenvalue weighted by molar-refractivity contribution is 0.0988. The molecule has 0 saturated carbocycles. The minimum absolute atomic E-state index is 0.000493.